The van der Waals surface area contributed by atoms with E-state index in [1.54, 1.807) is 18.6 Å². The molecule has 2 aromatic rings. The zero-order valence-electron chi connectivity index (χ0n) is 15.8. The van der Waals surface area contributed by atoms with Gasteiger partial charge in [0.15, 0.2) is 5.82 Å². The number of hydrogen-bond donors (Lipinski definition) is 0. The highest BCUT2D eigenvalue weighted by atomic mass is 16.5. The Morgan fingerprint density at radius 2 is 2.04 bits per heavy atom. The Bertz CT molecular complexity index is 691. The Balaban J connectivity index is 1.97. The average molecular weight is 344 g/mol. The van der Waals surface area contributed by atoms with E-state index in [1.165, 1.54) is 0 Å². The second-order valence-corrected chi connectivity index (χ2v) is 8.16. The van der Waals surface area contributed by atoms with Gasteiger partial charge >= 0.3 is 0 Å². The fraction of sp³-hybridized carbons (Fsp3) is 0.667. The second-order valence-electron chi connectivity index (χ2n) is 8.16. The largest absolute Gasteiger partial charge is 0.374 e. The van der Waals surface area contributed by atoms with Crippen LogP contribution in [0.1, 0.15) is 34.6 Å². The highest BCUT2D eigenvalue weighted by molar-refractivity contribution is 5.51. The number of nitrogens with zero attached hydrogens (tertiary/aromatic N) is 6. The lowest BCUT2D eigenvalue weighted by Gasteiger charge is -2.36. The van der Waals surface area contributed by atoms with Crippen molar-refractivity contribution in [2.24, 2.45) is 11.3 Å². The van der Waals surface area contributed by atoms with Crippen molar-refractivity contribution in [2.75, 3.05) is 24.6 Å². The molecule has 1 fully saturated rings. The van der Waals surface area contributed by atoms with E-state index in [-0.39, 0.29) is 11.5 Å². The summed E-state index contributed by atoms with van der Waals surface area (Å²) in [5.41, 5.74) is 0.844. The molecular formula is C18H28N6O. The molecule has 7 heteroatoms. The summed E-state index contributed by atoms with van der Waals surface area (Å²) in [6.45, 7) is 14.2. The molecule has 1 unspecified atom stereocenters. The van der Waals surface area contributed by atoms with Crippen molar-refractivity contribution in [2.45, 2.75) is 47.3 Å². The van der Waals surface area contributed by atoms with E-state index in [2.05, 4.69) is 64.3 Å². The third kappa shape index (κ3) is 4.15. The van der Waals surface area contributed by atoms with Crippen LogP contribution >= 0.6 is 0 Å². The van der Waals surface area contributed by atoms with Gasteiger partial charge in [0.1, 0.15) is 5.69 Å². The Hall–Kier alpha value is -2.02. The van der Waals surface area contributed by atoms with Crippen molar-refractivity contribution in [1.29, 1.82) is 0 Å². The molecule has 25 heavy (non-hydrogen) atoms. The zero-order chi connectivity index (χ0) is 18.0. The highest BCUT2D eigenvalue weighted by Crippen LogP contribution is 2.28. The van der Waals surface area contributed by atoms with Gasteiger partial charge in [-0.2, -0.15) is 0 Å². The predicted octanol–water partition coefficient (Wildman–Crippen LogP) is 2.64. The van der Waals surface area contributed by atoms with Gasteiger partial charge in [0.25, 0.3) is 0 Å². The van der Waals surface area contributed by atoms with Crippen molar-refractivity contribution in [3.63, 3.8) is 0 Å². The fourth-order valence-electron chi connectivity index (χ4n) is 3.01. The zero-order valence-corrected chi connectivity index (χ0v) is 15.8. The van der Waals surface area contributed by atoms with Gasteiger partial charge in [0.2, 0.25) is 5.95 Å². The first kappa shape index (κ1) is 17.8. The lowest BCUT2D eigenvalue weighted by atomic mass is 9.97. The first-order valence-electron chi connectivity index (χ1n) is 8.91. The standard InChI is InChI=1S/C18H28N6O/c1-13(2)15-11-23(8-9-25-15)17-22-21-16(14-10-19-6-7-20-14)24(17)12-18(3,4)5/h6-7,10,13,15H,8-9,11-12H2,1-5H3. The van der Waals surface area contributed by atoms with E-state index >= 15 is 0 Å². The maximum absolute atomic E-state index is 5.90. The summed E-state index contributed by atoms with van der Waals surface area (Å²) in [6.07, 6.45) is 5.32. The molecule has 0 aliphatic carbocycles. The summed E-state index contributed by atoms with van der Waals surface area (Å²) in [5.74, 6) is 2.14. The Morgan fingerprint density at radius 3 is 2.68 bits per heavy atom. The van der Waals surface area contributed by atoms with E-state index < -0.39 is 0 Å². The van der Waals surface area contributed by atoms with Crippen LogP contribution in [0, 0.1) is 11.3 Å². The molecule has 1 aliphatic rings. The summed E-state index contributed by atoms with van der Waals surface area (Å²) in [7, 11) is 0. The van der Waals surface area contributed by atoms with Gasteiger partial charge in [-0.15, -0.1) is 10.2 Å². The van der Waals surface area contributed by atoms with Crippen LogP contribution in [-0.4, -0.2) is 50.5 Å². The van der Waals surface area contributed by atoms with Crippen LogP contribution in [0.25, 0.3) is 11.5 Å². The van der Waals surface area contributed by atoms with Crippen molar-refractivity contribution in [3.8, 4) is 11.5 Å². The number of rotatable bonds is 4. The molecule has 7 nitrogen and oxygen atoms in total. The van der Waals surface area contributed by atoms with E-state index in [1.807, 2.05) is 0 Å². The topological polar surface area (TPSA) is 69.0 Å². The number of morpholine rings is 1. The molecule has 0 radical (unpaired) electrons. The lowest BCUT2D eigenvalue weighted by molar-refractivity contribution is 0.0106. The van der Waals surface area contributed by atoms with Gasteiger partial charge in [-0.25, -0.2) is 4.98 Å². The number of hydrogen-bond acceptors (Lipinski definition) is 6. The molecule has 0 bridgehead atoms. The molecule has 1 atom stereocenters. The first-order chi connectivity index (χ1) is 11.8. The molecule has 2 aromatic heterocycles. The highest BCUT2D eigenvalue weighted by Gasteiger charge is 2.29. The van der Waals surface area contributed by atoms with Crippen LogP contribution in [0.3, 0.4) is 0 Å². The van der Waals surface area contributed by atoms with Crippen molar-refractivity contribution in [1.82, 2.24) is 24.7 Å². The molecule has 136 valence electrons. The minimum absolute atomic E-state index is 0.0951. The minimum atomic E-state index is 0.0951. The number of anilines is 1. The van der Waals surface area contributed by atoms with Gasteiger partial charge in [-0.1, -0.05) is 34.6 Å². The van der Waals surface area contributed by atoms with Gasteiger partial charge in [-0.05, 0) is 11.3 Å². The fourth-order valence-corrected chi connectivity index (χ4v) is 3.01. The summed E-state index contributed by atoms with van der Waals surface area (Å²) < 4.78 is 8.08. The monoisotopic (exact) mass is 344 g/mol. The van der Waals surface area contributed by atoms with E-state index in [0.29, 0.717) is 12.5 Å². The van der Waals surface area contributed by atoms with Gasteiger partial charge < -0.3 is 9.64 Å². The summed E-state index contributed by atoms with van der Waals surface area (Å²) in [6, 6.07) is 0. The molecule has 1 saturated heterocycles. The van der Waals surface area contributed by atoms with Crippen LogP contribution in [0.2, 0.25) is 0 Å². The number of ether oxygens (including phenoxy) is 1. The number of aromatic nitrogens is 5. The maximum Gasteiger partial charge on any atom is 0.227 e. The summed E-state index contributed by atoms with van der Waals surface area (Å²) in [4.78, 5) is 10.9. The molecule has 0 spiro atoms. The minimum Gasteiger partial charge on any atom is -0.374 e. The average Bonchev–Trinajstić information content (AvgIpc) is 2.97. The van der Waals surface area contributed by atoms with Gasteiger partial charge in [0, 0.05) is 32.0 Å². The molecule has 3 rings (SSSR count). The Morgan fingerprint density at radius 1 is 1.24 bits per heavy atom. The van der Waals surface area contributed by atoms with Crippen molar-refractivity contribution < 1.29 is 4.74 Å². The molecule has 0 saturated carbocycles. The second kappa shape index (κ2) is 7.07. The van der Waals surface area contributed by atoms with Crippen LogP contribution in [0.5, 0.6) is 0 Å². The molecular weight excluding hydrogens is 316 g/mol. The van der Waals surface area contributed by atoms with Crippen molar-refractivity contribution in [3.05, 3.63) is 18.6 Å². The quantitative estimate of drug-likeness (QED) is 0.849. The van der Waals surface area contributed by atoms with Gasteiger partial charge in [-0.3, -0.25) is 9.55 Å². The smallest absolute Gasteiger partial charge is 0.227 e. The van der Waals surface area contributed by atoms with Crippen LogP contribution in [0.4, 0.5) is 5.95 Å². The molecule has 0 amide bonds. The molecule has 1 aliphatic heterocycles. The van der Waals surface area contributed by atoms with E-state index in [0.717, 1.165) is 37.1 Å². The molecule has 0 aromatic carbocycles. The first-order valence-corrected chi connectivity index (χ1v) is 8.91. The predicted molar refractivity (Wildman–Crippen MR) is 97.3 cm³/mol. The normalized spacial score (nSPS) is 18.8. The third-order valence-electron chi connectivity index (χ3n) is 4.28. The SMILES string of the molecule is CC(C)C1CN(c2nnc(-c3cnccn3)n2CC(C)(C)C)CCO1. The van der Waals surface area contributed by atoms with E-state index in [9.17, 15) is 0 Å². The maximum atomic E-state index is 5.90. The summed E-state index contributed by atoms with van der Waals surface area (Å²) in [5, 5.41) is 8.95. The van der Waals surface area contributed by atoms with Gasteiger partial charge in [0.05, 0.1) is 18.9 Å². The van der Waals surface area contributed by atoms with Crippen molar-refractivity contribution >= 4 is 5.95 Å². The van der Waals surface area contributed by atoms with Crippen LogP contribution in [-0.2, 0) is 11.3 Å². The van der Waals surface area contributed by atoms with Crippen LogP contribution < -0.4 is 4.90 Å². The third-order valence-corrected chi connectivity index (χ3v) is 4.28. The molecule has 0 N–H and O–H groups in total. The Labute approximate surface area is 149 Å². The summed E-state index contributed by atoms with van der Waals surface area (Å²) >= 11 is 0. The van der Waals surface area contributed by atoms with E-state index in [4.69, 9.17) is 4.74 Å². The lowest BCUT2D eigenvalue weighted by Crippen LogP contribution is -2.46. The van der Waals surface area contributed by atoms with Crippen LogP contribution in [0.15, 0.2) is 18.6 Å². The molecule has 3 heterocycles. The Kier molecular flexibility index (Phi) is 5.03.